The first-order valence-electron chi connectivity index (χ1n) is 12.1. The summed E-state index contributed by atoms with van der Waals surface area (Å²) in [5.41, 5.74) is 5.33. The smallest absolute Gasteiger partial charge is 0.243 e. The number of ether oxygens (including phenoxy) is 1. The molecule has 3 heterocycles. The Morgan fingerprint density at radius 1 is 1.11 bits per heavy atom. The zero-order valence-corrected chi connectivity index (χ0v) is 20.9. The predicted molar refractivity (Wildman–Crippen MR) is 142 cm³/mol. The van der Waals surface area contributed by atoms with E-state index in [0.29, 0.717) is 37.5 Å². The van der Waals surface area contributed by atoms with Crippen molar-refractivity contribution in [2.45, 2.75) is 38.8 Å². The average Bonchev–Trinajstić information content (AvgIpc) is 3.23. The molecule has 0 aliphatic carbocycles. The van der Waals surface area contributed by atoms with Crippen molar-refractivity contribution in [1.82, 2.24) is 15.0 Å². The molecule has 36 heavy (non-hydrogen) atoms. The molecule has 0 N–H and O–H groups in total. The lowest BCUT2D eigenvalue weighted by Gasteiger charge is -2.21. The molecule has 4 aromatic rings. The van der Waals surface area contributed by atoms with Crippen molar-refractivity contribution in [3.8, 4) is 0 Å². The van der Waals surface area contributed by atoms with E-state index in [9.17, 15) is 4.79 Å². The molecule has 7 heteroatoms. The fourth-order valence-electron chi connectivity index (χ4n) is 4.43. The van der Waals surface area contributed by atoms with Crippen LogP contribution in [-0.4, -0.2) is 39.2 Å². The van der Waals surface area contributed by atoms with Crippen LogP contribution in [0.3, 0.4) is 0 Å². The third-order valence-corrected chi connectivity index (χ3v) is 6.52. The van der Waals surface area contributed by atoms with E-state index in [-0.39, 0.29) is 11.9 Å². The van der Waals surface area contributed by atoms with Crippen LogP contribution in [0.1, 0.15) is 35.4 Å². The number of halogens is 1. The molecule has 0 saturated carbocycles. The van der Waals surface area contributed by atoms with Crippen LogP contribution in [0.5, 0.6) is 0 Å². The maximum absolute atomic E-state index is 12.9. The van der Waals surface area contributed by atoms with Crippen molar-refractivity contribution in [1.29, 1.82) is 0 Å². The van der Waals surface area contributed by atoms with Gasteiger partial charge in [-0.3, -0.25) is 14.8 Å². The van der Waals surface area contributed by atoms with Crippen LogP contribution in [0, 0.1) is 6.92 Å². The van der Waals surface area contributed by atoms with Crippen LogP contribution in [0.4, 0.5) is 0 Å². The Kier molecular flexibility index (Phi) is 7.35. The van der Waals surface area contributed by atoms with E-state index in [1.54, 1.807) is 11.2 Å². The number of pyridine rings is 2. The van der Waals surface area contributed by atoms with Gasteiger partial charge in [-0.25, -0.2) is 5.01 Å². The number of aromatic nitrogens is 2. The van der Waals surface area contributed by atoms with Gasteiger partial charge in [0.25, 0.3) is 0 Å². The molecule has 2 aromatic carbocycles. The van der Waals surface area contributed by atoms with Gasteiger partial charge in [-0.1, -0.05) is 54.1 Å². The van der Waals surface area contributed by atoms with Gasteiger partial charge >= 0.3 is 0 Å². The lowest BCUT2D eigenvalue weighted by Crippen LogP contribution is -2.33. The highest BCUT2D eigenvalue weighted by Gasteiger charge is 2.32. The van der Waals surface area contributed by atoms with Crippen molar-refractivity contribution in [3.63, 3.8) is 0 Å². The maximum atomic E-state index is 12.9. The second-order valence-electron chi connectivity index (χ2n) is 8.95. The lowest BCUT2D eigenvalue weighted by atomic mass is 10.0. The van der Waals surface area contributed by atoms with Gasteiger partial charge in [0, 0.05) is 35.1 Å². The molecule has 0 bridgehead atoms. The number of hydrazone groups is 1. The van der Waals surface area contributed by atoms with E-state index < -0.39 is 0 Å². The quantitative estimate of drug-likeness (QED) is 0.290. The van der Waals surface area contributed by atoms with Crippen LogP contribution in [0.25, 0.3) is 10.9 Å². The minimum atomic E-state index is -0.117. The SMILES string of the molecule is Cc1cccc(/C(Cc2ccnc3cc(Cl)ccc23)=N\N2C(=O)CC[C@H]2COCc2ccccc2)n1. The summed E-state index contributed by atoms with van der Waals surface area (Å²) in [6.07, 6.45) is 3.44. The maximum Gasteiger partial charge on any atom is 0.243 e. The third-order valence-electron chi connectivity index (χ3n) is 6.28. The molecule has 1 saturated heterocycles. The number of carbonyl (C=O) groups is 1. The largest absolute Gasteiger partial charge is 0.375 e. The summed E-state index contributed by atoms with van der Waals surface area (Å²) in [7, 11) is 0. The summed E-state index contributed by atoms with van der Waals surface area (Å²) in [5.74, 6) is -0.000155. The first kappa shape index (κ1) is 24.1. The Morgan fingerprint density at radius 3 is 2.81 bits per heavy atom. The van der Waals surface area contributed by atoms with Gasteiger partial charge in [0.1, 0.15) is 0 Å². The summed E-state index contributed by atoms with van der Waals surface area (Å²) >= 11 is 6.19. The second-order valence-corrected chi connectivity index (χ2v) is 9.39. The summed E-state index contributed by atoms with van der Waals surface area (Å²) in [6.45, 7) is 2.88. The molecular weight excluding hydrogens is 472 g/mol. The van der Waals surface area contributed by atoms with Gasteiger partial charge in [0.15, 0.2) is 0 Å². The minimum Gasteiger partial charge on any atom is -0.375 e. The molecule has 6 nitrogen and oxygen atoms in total. The predicted octanol–water partition coefficient (Wildman–Crippen LogP) is 5.75. The molecular formula is C29H27ClN4O2. The summed E-state index contributed by atoms with van der Waals surface area (Å²) in [5, 5.41) is 8.15. The van der Waals surface area contributed by atoms with E-state index in [0.717, 1.165) is 39.1 Å². The Bertz CT molecular complexity index is 1410. The van der Waals surface area contributed by atoms with Crippen molar-refractivity contribution < 1.29 is 9.53 Å². The highest BCUT2D eigenvalue weighted by Crippen LogP contribution is 2.24. The molecule has 1 amide bonds. The number of hydrogen-bond donors (Lipinski definition) is 0. The minimum absolute atomic E-state index is 0.000155. The average molecular weight is 499 g/mol. The highest BCUT2D eigenvalue weighted by atomic mass is 35.5. The Labute approximate surface area is 215 Å². The summed E-state index contributed by atoms with van der Waals surface area (Å²) in [4.78, 5) is 22.1. The van der Waals surface area contributed by atoms with E-state index in [4.69, 9.17) is 26.4 Å². The monoisotopic (exact) mass is 498 g/mol. The topological polar surface area (TPSA) is 67.7 Å². The van der Waals surface area contributed by atoms with Gasteiger partial charge < -0.3 is 4.74 Å². The molecule has 0 unspecified atom stereocenters. The first-order chi connectivity index (χ1) is 17.6. The van der Waals surface area contributed by atoms with Crippen molar-refractivity contribution in [3.05, 3.63) is 107 Å². The lowest BCUT2D eigenvalue weighted by molar-refractivity contribution is -0.129. The molecule has 1 atom stereocenters. The number of fused-ring (bicyclic) bond motifs is 1. The van der Waals surface area contributed by atoms with E-state index in [2.05, 4.69) is 4.98 Å². The molecule has 5 rings (SSSR count). The summed E-state index contributed by atoms with van der Waals surface area (Å²) < 4.78 is 5.98. The number of amides is 1. The number of carbonyl (C=O) groups excluding carboxylic acids is 1. The fraction of sp³-hybridized carbons (Fsp3) is 0.241. The molecule has 1 fully saturated rings. The molecule has 1 aliphatic heterocycles. The Balaban J connectivity index is 1.44. The van der Waals surface area contributed by atoms with Crippen LogP contribution in [-0.2, 0) is 22.6 Å². The molecule has 182 valence electrons. The first-order valence-corrected chi connectivity index (χ1v) is 12.4. The van der Waals surface area contributed by atoms with Gasteiger partial charge in [-0.2, -0.15) is 5.10 Å². The number of hydrogen-bond acceptors (Lipinski definition) is 5. The Morgan fingerprint density at radius 2 is 1.97 bits per heavy atom. The number of benzene rings is 2. The van der Waals surface area contributed by atoms with Crippen LogP contribution in [0.15, 0.2) is 84.1 Å². The molecule has 2 aromatic heterocycles. The van der Waals surface area contributed by atoms with Crippen molar-refractivity contribution in [2.75, 3.05) is 6.61 Å². The third kappa shape index (κ3) is 5.61. The second kappa shape index (κ2) is 11.0. The fourth-order valence-corrected chi connectivity index (χ4v) is 4.60. The summed E-state index contributed by atoms with van der Waals surface area (Å²) in [6, 6.07) is 23.4. The van der Waals surface area contributed by atoms with Gasteiger partial charge in [0.2, 0.25) is 5.91 Å². The zero-order valence-electron chi connectivity index (χ0n) is 20.1. The van der Waals surface area contributed by atoms with Crippen LogP contribution in [0.2, 0.25) is 5.02 Å². The van der Waals surface area contributed by atoms with Gasteiger partial charge in [-0.05, 0) is 54.8 Å². The van der Waals surface area contributed by atoms with Crippen molar-refractivity contribution in [2.24, 2.45) is 5.10 Å². The zero-order chi connectivity index (χ0) is 24.9. The van der Waals surface area contributed by atoms with Crippen LogP contribution >= 0.6 is 11.6 Å². The van der Waals surface area contributed by atoms with Gasteiger partial charge in [-0.15, -0.1) is 0 Å². The molecule has 0 spiro atoms. The highest BCUT2D eigenvalue weighted by molar-refractivity contribution is 6.31. The van der Waals surface area contributed by atoms with Crippen LogP contribution < -0.4 is 0 Å². The number of nitrogens with zero attached hydrogens (tertiary/aromatic N) is 4. The Hall–Kier alpha value is -3.61. The molecule has 1 aliphatic rings. The van der Waals surface area contributed by atoms with Gasteiger partial charge in [0.05, 0.1) is 36.2 Å². The standard InChI is InChI=1S/C29H27ClN4O2/c1-20-6-5-9-26(32-20)28(16-22-14-15-31-27-17-23(30)10-12-25(22)27)33-34-24(11-13-29(34)35)19-36-18-21-7-3-2-4-8-21/h2-10,12,14-15,17,24H,11,13,16,18-19H2,1H3/b33-28-/t24-/m0/s1. The number of rotatable bonds is 8. The molecule has 0 radical (unpaired) electrons. The van der Waals surface area contributed by atoms with E-state index in [1.165, 1.54) is 0 Å². The van der Waals surface area contributed by atoms with Crippen molar-refractivity contribution >= 4 is 34.1 Å². The number of aryl methyl sites for hydroxylation is 1. The normalized spacial score (nSPS) is 16.2. The van der Waals surface area contributed by atoms with E-state index in [1.807, 2.05) is 79.7 Å². The van der Waals surface area contributed by atoms with E-state index >= 15 is 0 Å².